The third kappa shape index (κ3) is 20.1. The first-order valence-electron chi connectivity index (χ1n) is 11.6. The Kier molecular flexibility index (Phi) is 20.6. The molecule has 2 N–H and O–H groups in total. The molecule has 1 unspecified atom stereocenters. The van der Waals surface area contributed by atoms with Gasteiger partial charge in [0.1, 0.15) is 0 Å². The van der Waals surface area contributed by atoms with Gasteiger partial charge in [-0.25, -0.2) is 14.6 Å². The molecule has 0 aliphatic carbocycles. The summed E-state index contributed by atoms with van der Waals surface area (Å²) in [5, 5.41) is 15.3. The lowest BCUT2D eigenvalue weighted by Crippen LogP contribution is -2.19. The van der Waals surface area contributed by atoms with Crippen molar-refractivity contribution in [3.05, 3.63) is 18.7 Å². The van der Waals surface area contributed by atoms with Crippen molar-refractivity contribution in [3.8, 4) is 0 Å². The molecule has 1 rings (SSSR count). The average molecular weight is 459 g/mol. The molecular formula is C23H42N2O5S. The van der Waals surface area contributed by atoms with Crippen LogP contribution in [0.25, 0.3) is 0 Å². The third-order valence-electron chi connectivity index (χ3n) is 4.70. The molecular weight excluding hydrogens is 416 g/mol. The minimum atomic E-state index is -1.82. The van der Waals surface area contributed by atoms with Crippen molar-refractivity contribution in [2.45, 2.75) is 96.3 Å². The molecule has 0 radical (unpaired) electrons. The topological polar surface area (TPSA) is 102 Å². The monoisotopic (exact) mass is 458 g/mol. The van der Waals surface area contributed by atoms with Crippen LogP contribution in [0.15, 0.2) is 18.7 Å². The molecule has 1 aromatic rings. The number of ether oxygens (including phenoxy) is 1. The third-order valence-corrected chi connectivity index (χ3v) is 5.98. The molecule has 7 nitrogen and oxygen atoms in total. The number of aliphatic carboxylic acids is 2. The number of hydrogen-bond donors (Lipinski definition) is 2. The van der Waals surface area contributed by atoms with Gasteiger partial charge in [0.05, 0.1) is 12.9 Å². The summed E-state index contributed by atoms with van der Waals surface area (Å²) in [7, 11) is 0. The van der Waals surface area contributed by atoms with Gasteiger partial charge >= 0.3 is 11.9 Å². The maximum absolute atomic E-state index is 9.10. The van der Waals surface area contributed by atoms with Crippen LogP contribution in [0, 0.1) is 0 Å². The number of imidazole rings is 1. The fraction of sp³-hybridized carbons (Fsp3) is 0.783. The quantitative estimate of drug-likeness (QED) is 0.221. The van der Waals surface area contributed by atoms with Gasteiger partial charge in [-0.05, 0) is 18.6 Å². The molecule has 180 valence electrons. The molecule has 1 heterocycles. The molecule has 0 spiro atoms. The van der Waals surface area contributed by atoms with E-state index in [1.54, 1.807) is 0 Å². The molecule has 8 heteroatoms. The van der Waals surface area contributed by atoms with Gasteiger partial charge < -0.3 is 19.5 Å². The highest BCUT2D eigenvalue weighted by molar-refractivity contribution is 7.99. The second-order valence-electron chi connectivity index (χ2n) is 7.62. The van der Waals surface area contributed by atoms with Gasteiger partial charge in [0.25, 0.3) is 0 Å². The lowest BCUT2D eigenvalue weighted by molar-refractivity contribution is -0.159. The van der Waals surface area contributed by atoms with Crippen LogP contribution in [-0.2, 0) is 20.9 Å². The van der Waals surface area contributed by atoms with E-state index in [-0.39, 0.29) is 0 Å². The van der Waals surface area contributed by atoms with Crippen LogP contribution in [0.4, 0.5) is 0 Å². The van der Waals surface area contributed by atoms with Crippen LogP contribution in [0.5, 0.6) is 0 Å². The van der Waals surface area contributed by atoms with Crippen molar-refractivity contribution in [2.75, 3.05) is 19.0 Å². The lowest BCUT2D eigenvalue weighted by atomic mass is 10.1. The van der Waals surface area contributed by atoms with E-state index in [0.717, 1.165) is 19.8 Å². The van der Waals surface area contributed by atoms with Gasteiger partial charge in [-0.3, -0.25) is 0 Å². The van der Waals surface area contributed by atoms with Crippen LogP contribution >= 0.6 is 11.8 Å². The molecule has 0 aromatic carbocycles. The van der Waals surface area contributed by atoms with E-state index in [1.165, 1.54) is 76.4 Å². The fourth-order valence-corrected chi connectivity index (χ4v) is 4.11. The van der Waals surface area contributed by atoms with Gasteiger partial charge in [-0.15, -0.1) is 0 Å². The number of carbonyl (C=O) groups is 2. The van der Waals surface area contributed by atoms with E-state index in [4.69, 9.17) is 24.5 Å². The smallest absolute Gasteiger partial charge is 0.414 e. The molecule has 1 atom stereocenters. The Morgan fingerprint density at radius 1 is 0.935 bits per heavy atom. The van der Waals surface area contributed by atoms with Crippen molar-refractivity contribution in [2.24, 2.45) is 0 Å². The molecule has 0 aliphatic heterocycles. The second kappa shape index (κ2) is 21.7. The Morgan fingerprint density at radius 3 is 2.06 bits per heavy atom. The predicted molar refractivity (Wildman–Crippen MR) is 127 cm³/mol. The summed E-state index contributed by atoms with van der Waals surface area (Å²) in [5.74, 6) is -2.39. The van der Waals surface area contributed by atoms with E-state index in [0.29, 0.717) is 5.25 Å². The van der Waals surface area contributed by atoms with E-state index < -0.39 is 11.9 Å². The van der Waals surface area contributed by atoms with E-state index >= 15 is 0 Å². The first-order valence-corrected chi connectivity index (χ1v) is 12.7. The first-order chi connectivity index (χ1) is 15.0. The number of nitrogens with zero attached hydrogens (tertiary/aromatic N) is 2. The summed E-state index contributed by atoms with van der Waals surface area (Å²) in [5.41, 5.74) is 0. The van der Waals surface area contributed by atoms with Crippen LogP contribution in [0.1, 0.15) is 84.5 Å². The van der Waals surface area contributed by atoms with Crippen LogP contribution in [0.3, 0.4) is 0 Å². The highest BCUT2D eigenvalue weighted by atomic mass is 32.2. The summed E-state index contributed by atoms with van der Waals surface area (Å²) in [4.78, 5) is 22.4. The molecule has 0 amide bonds. The molecule has 0 aliphatic rings. The van der Waals surface area contributed by atoms with E-state index in [9.17, 15) is 0 Å². The van der Waals surface area contributed by atoms with Crippen LogP contribution in [-0.4, -0.2) is 55.9 Å². The Hall–Kier alpha value is -1.54. The first kappa shape index (κ1) is 29.5. The standard InChI is InChI=1S/C21H40N2OS.C2H2O4/c1-3-5-7-9-10-12-16-24-19-21(18-23-15-14-22-20-23)25-17-13-11-8-6-4-2;3-1(4)2(5)6/h14-15,20-21H,3-13,16-19H2,1-2H3;(H,3,4)(H,5,6). The highest BCUT2D eigenvalue weighted by Gasteiger charge is 2.10. The maximum atomic E-state index is 9.10. The normalized spacial score (nSPS) is 11.5. The van der Waals surface area contributed by atoms with Gasteiger partial charge in [0.2, 0.25) is 0 Å². The van der Waals surface area contributed by atoms with E-state index in [2.05, 4.69) is 41.4 Å². The Balaban J connectivity index is 0.00000131. The summed E-state index contributed by atoms with van der Waals surface area (Å²) < 4.78 is 8.18. The highest BCUT2D eigenvalue weighted by Crippen LogP contribution is 2.17. The van der Waals surface area contributed by atoms with Crippen molar-refractivity contribution in [3.63, 3.8) is 0 Å². The second-order valence-corrected chi connectivity index (χ2v) is 9.03. The Bertz CT molecular complexity index is 528. The van der Waals surface area contributed by atoms with Gasteiger partial charge in [-0.2, -0.15) is 11.8 Å². The number of thioether (sulfide) groups is 1. The number of carboxylic acids is 2. The van der Waals surface area contributed by atoms with Crippen LogP contribution < -0.4 is 0 Å². The summed E-state index contributed by atoms with van der Waals surface area (Å²) in [6.45, 7) is 7.34. The summed E-state index contributed by atoms with van der Waals surface area (Å²) >= 11 is 2.08. The number of carboxylic acid groups (broad SMARTS) is 2. The minimum absolute atomic E-state index is 0.542. The Morgan fingerprint density at radius 2 is 1.52 bits per heavy atom. The van der Waals surface area contributed by atoms with Crippen LogP contribution in [0.2, 0.25) is 0 Å². The molecule has 0 saturated heterocycles. The maximum Gasteiger partial charge on any atom is 0.414 e. The van der Waals surface area contributed by atoms with Crippen molar-refractivity contribution < 1.29 is 24.5 Å². The number of aromatic nitrogens is 2. The van der Waals surface area contributed by atoms with Gasteiger partial charge in [0, 0.05) is 30.8 Å². The lowest BCUT2D eigenvalue weighted by Gasteiger charge is -2.17. The summed E-state index contributed by atoms with van der Waals surface area (Å²) in [6, 6.07) is 0. The zero-order valence-electron chi connectivity index (χ0n) is 19.3. The molecule has 31 heavy (non-hydrogen) atoms. The Labute approximate surface area is 192 Å². The fourth-order valence-electron chi connectivity index (χ4n) is 2.94. The van der Waals surface area contributed by atoms with Gasteiger partial charge in [0.15, 0.2) is 0 Å². The minimum Gasteiger partial charge on any atom is -0.473 e. The van der Waals surface area contributed by atoms with E-state index in [1.807, 2.05) is 12.5 Å². The zero-order chi connectivity index (χ0) is 23.2. The molecule has 0 bridgehead atoms. The van der Waals surface area contributed by atoms with Crippen molar-refractivity contribution in [1.82, 2.24) is 9.55 Å². The van der Waals surface area contributed by atoms with Crippen molar-refractivity contribution in [1.29, 1.82) is 0 Å². The van der Waals surface area contributed by atoms with Gasteiger partial charge in [-0.1, -0.05) is 71.6 Å². The zero-order valence-corrected chi connectivity index (χ0v) is 20.2. The number of unbranched alkanes of at least 4 members (excludes halogenated alkanes) is 9. The molecule has 1 aromatic heterocycles. The SMILES string of the molecule is CCCCCCCCOCC(Cn1ccnc1)SCCCCCCC.O=C(O)C(=O)O. The molecule has 0 saturated carbocycles. The number of hydrogen-bond acceptors (Lipinski definition) is 5. The predicted octanol–water partition coefficient (Wildman–Crippen LogP) is 5.49. The van der Waals surface area contributed by atoms with Crippen molar-refractivity contribution >= 4 is 23.7 Å². The molecule has 0 fully saturated rings. The summed E-state index contributed by atoms with van der Waals surface area (Å²) in [6.07, 6.45) is 20.6. The number of rotatable bonds is 18. The average Bonchev–Trinajstić information content (AvgIpc) is 3.25. The largest absolute Gasteiger partial charge is 0.473 e.